The summed E-state index contributed by atoms with van der Waals surface area (Å²) in [4.78, 5) is 26.4. The highest BCUT2D eigenvalue weighted by Crippen LogP contribution is 2.40. The molecule has 1 unspecified atom stereocenters. The molecule has 6 nitrogen and oxygen atoms in total. The molecule has 0 radical (unpaired) electrons. The topological polar surface area (TPSA) is 65.1 Å². The molecule has 2 aliphatic rings. The van der Waals surface area contributed by atoms with E-state index in [2.05, 4.69) is 0 Å². The van der Waals surface area contributed by atoms with Crippen LogP contribution in [0.3, 0.4) is 0 Å². The fourth-order valence-electron chi connectivity index (χ4n) is 4.08. The highest BCUT2D eigenvalue weighted by Gasteiger charge is 2.43. The third-order valence-corrected chi connectivity index (χ3v) is 5.90. The molecule has 1 atom stereocenters. The predicted octanol–water partition coefficient (Wildman–Crippen LogP) is 4.94. The summed E-state index contributed by atoms with van der Waals surface area (Å²) >= 11 is 0. The van der Waals surface area contributed by atoms with Crippen LogP contribution in [0.4, 0.5) is 9.18 Å². The van der Waals surface area contributed by atoms with Crippen LogP contribution < -0.4 is 0 Å². The van der Waals surface area contributed by atoms with Gasteiger partial charge in [0, 0.05) is 23.8 Å². The smallest absolute Gasteiger partial charge is 0.417 e. The molecule has 2 amide bonds. The van der Waals surface area contributed by atoms with Crippen molar-refractivity contribution >= 4 is 12.0 Å². The van der Waals surface area contributed by atoms with E-state index in [1.54, 1.807) is 12.1 Å². The molecule has 2 heterocycles. The molecule has 0 aliphatic carbocycles. The SMILES string of the molecule is CC1(C)COC(CCCC(=O)N2C(=O)OCC2c2ccccc2)(c2ccc(F)cc2)OC1. The van der Waals surface area contributed by atoms with Gasteiger partial charge < -0.3 is 14.2 Å². The van der Waals surface area contributed by atoms with E-state index < -0.39 is 17.9 Å². The maximum atomic E-state index is 13.5. The molecule has 2 aromatic carbocycles. The summed E-state index contributed by atoms with van der Waals surface area (Å²) < 4.78 is 31.0. The number of benzene rings is 2. The van der Waals surface area contributed by atoms with E-state index >= 15 is 0 Å². The van der Waals surface area contributed by atoms with E-state index in [1.807, 2.05) is 44.2 Å². The van der Waals surface area contributed by atoms with E-state index in [0.29, 0.717) is 31.6 Å². The van der Waals surface area contributed by atoms with Crippen molar-refractivity contribution in [2.45, 2.75) is 44.9 Å². The Kier molecular flexibility index (Phi) is 6.31. The molecule has 4 rings (SSSR count). The number of hydrogen-bond acceptors (Lipinski definition) is 5. The summed E-state index contributed by atoms with van der Waals surface area (Å²) in [5, 5.41) is 0. The van der Waals surface area contributed by atoms with Crippen molar-refractivity contribution in [2.75, 3.05) is 19.8 Å². The first-order chi connectivity index (χ1) is 15.3. The Bertz CT molecular complexity index is 950. The van der Waals surface area contributed by atoms with Crippen LogP contribution in [-0.4, -0.2) is 36.7 Å². The van der Waals surface area contributed by atoms with Crippen LogP contribution in [0.25, 0.3) is 0 Å². The van der Waals surface area contributed by atoms with Gasteiger partial charge in [-0.15, -0.1) is 0 Å². The highest BCUT2D eigenvalue weighted by molar-refractivity contribution is 5.93. The average Bonchev–Trinajstić information content (AvgIpc) is 3.18. The van der Waals surface area contributed by atoms with Crippen LogP contribution in [-0.2, 0) is 24.8 Å². The van der Waals surface area contributed by atoms with Crippen molar-refractivity contribution in [3.8, 4) is 0 Å². The van der Waals surface area contributed by atoms with E-state index in [4.69, 9.17) is 14.2 Å². The van der Waals surface area contributed by atoms with Gasteiger partial charge >= 0.3 is 6.09 Å². The normalized spacial score (nSPS) is 21.9. The molecule has 2 aliphatic heterocycles. The zero-order valence-corrected chi connectivity index (χ0v) is 18.4. The van der Waals surface area contributed by atoms with Crippen molar-refractivity contribution in [1.29, 1.82) is 0 Å². The monoisotopic (exact) mass is 441 g/mol. The van der Waals surface area contributed by atoms with Gasteiger partial charge in [-0.3, -0.25) is 4.79 Å². The second-order valence-electron chi connectivity index (χ2n) is 9.12. The molecule has 0 saturated carbocycles. The summed E-state index contributed by atoms with van der Waals surface area (Å²) in [5.74, 6) is -1.69. The number of amides is 2. The number of carbonyl (C=O) groups excluding carboxylic acids is 2. The number of halogens is 1. The van der Waals surface area contributed by atoms with Gasteiger partial charge in [0.1, 0.15) is 18.5 Å². The molecule has 0 N–H and O–H groups in total. The van der Waals surface area contributed by atoms with Crippen molar-refractivity contribution in [1.82, 2.24) is 4.90 Å². The van der Waals surface area contributed by atoms with Crippen LogP contribution >= 0.6 is 0 Å². The van der Waals surface area contributed by atoms with Crippen molar-refractivity contribution in [2.24, 2.45) is 5.41 Å². The van der Waals surface area contributed by atoms with E-state index in [-0.39, 0.29) is 30.2 Å². The van der Waals surface area contributed by atoms with Crippen molar-refractivity contribution < 1.29 is 28.2 Å². The fourth-order valence-corrected chi connectivity index (χ4v) is 4.08. The number of imide groups is 1. The Hall–Kier alpha value is -2.77. The second-order valence-corrected chi connectivity index (χ2v) is 9.12. The molecule has 2 aromatic rings. The van der Waals surface area contributed by atoms with Gasteiger partial charge in [0.05, 0.1) is 13.2 Å². The number of ether oxygens (including phenoxy) is 3. The summed E-state index contributed by atoms with van der Waals surface area (Å²) in [6.45, 7) is 5.21. The molecule has 0 aromatic heterocycles. The zero-order chi connectivity index (χ0) is 22.8. The second kappa shape index (κ2) is 9.00. The van der Waals surface area contributed by atoms with E-state index in [1.165, 1.54) is 17.0 Å². The van der Waals surface area contributed by atoms with Crippen molar-refractivity contribution in [3.05, 3.63) is 71.5 Å². The molecule has 32 heavy (non-hydrogen) atoms. The van der Waals surface area contributed by atoms with Crippen molar-refractivity contribution in [3.63, 3.8) is 0 Å². The standard InChI is InChI=1S/C25H28FNO5/c1-24(2)16-31-25(32-17-24,19-10-12-20(26)13-11-19)14-6-9-22(28)27-21(15-30-23(27)29)18-7-4-3-5-8-18/h3-5,7-8,10-13,21H,6,9,14-17H2,1-2H3. The summed E-state index contributed by atoms with van der Waals surface area (Å²) in [6.07, 6.45) is 0.350. The molecule has 0 bridgehead atoms. The summed E-state index contributed by atoms with van der Waals surface area (Å²) in [6, 6.07) is 15.0. The van der Waals surface area contributed by atoms with Gasteiger partial charge in [-0.05, 0) is 24.1 Å². The predicted molar refractivity (Wildman–Crippen MR) is 115 cm³/mol. The molecular weight excluding hydrogens is 413 g/mol. The first-order valence-electron chi connectivity index (χ1n) is 10.9. The van der Waals surface area contributed by atoms with Gasteiger partial charge in [0.2, 0.25) is 5.91 Å². The van der Waals surface area contributed by atoms with Gasteiger partial charge in [-0.1, -0.05) is 56.3 Å². The summed E-state index contributed by atoms with van der Waals surface area (Å²) in [7, 11) is 0. The molecule has 2 saturated heterocycles. The Labute approximate surface area is 187 Å². The number of nitrogens with zero attached hydrogens (tertiary/aromatic N) is 1. The van der Waals surface area contributed by atoms with Crippen LogP contribution in [0, 0.1) is 11.2 Å². The Morgan fingerprint density at radius 1 is 1.06 bits per heavy atom. The number of hydrogen-bond donors (Lipinski definition) is 0. The van der Waals surface area contributed by atoms with Gasteiger partial charge in [0.25, 0.3) is 0 Å². The number of cyclic esters (lactones) is 1. The minimum atomic E-state index is -1.05. The van der Waals surface area contributed by atoms with Gasteiger partial charge in [-0.25, -0.2) is 14.1 Å². The zero-order valence-electron chi connectivity index (χ0n) is 18.4. The maximum Gasteiger partial charge on any atom is 0.417 e. The lowest BCUT2D eigenvalue weighted by molar-refractivity contribution is -0.311. The van der Waals surface area contributed by atoms with E-state index in [0.717, 1.165) is 5.56 Å². The van der Waals surface area contributed by atoms with Gasteiger partial charge in [0.15, 0.2) is 5.79 Å². The lowest BCUT2D eigenvalue weighted by atomic mass is 9.91. The third kappa shape index (κ3) is 4.69. The van der Waals surface area contributed by atoms with Crippen LogP contribution in [0.15, 0.2) is 54.6 Å². The fraction of sp³-hybridized carbons (Fsp3) is 0.440. The third-order valence-electron chi connectivity index (χ3n) is 5.90. The minimum Gasteiger partial charge on any atom is -0.446 e. The maximum absolute atomic E-state index is 13.5. The largest absolute Gasteiger partial charge is 0.446 e. The lowest BCUT2D eigenvalue weighted by Crippen LogP contribution is -2.45. The average molecular weight is 441 g/mol. The van der Waals surface area contributed by atoms with Gasteiger partial charge in [-0.2, -0.15) is 0 Å². The van der Waals surface area contributed by atoms with E-state index in [9.17, 15) is 14.0 Å². The Balaban J connectivity index is 1.45. The quantitative estimate of drug-likeness (QED) is 0.635. The number of carbonyl (C=O) groups is 2. The molecule has 0 spiro atoms. The summed E-state index contributed by atoms with van der Waals surface area (Å²) in [5.41, 5.74) is 1.43. The van der Waals surface area contributed by atoms with Crippen LogP contribution in [0.1, 0.15) is 50.3 Å². The first kappa shape index (κ1) is 22.4. The first-order valence-corrected chi connectivity index (χ1v) is 10.9. The molecular formula is C25H28FNO5. The minimum absolute atomic E-state index is 0.136. The lowest BCUT2D eigenvalue weighted by Gasteiger charge is -2.44. The molecule has 2 fully saturated rings. The van der Waals surface area contributed by atoms with Crippen LogP contribution in [0.5, 0.6) is 0 Å². The highest BCUT2D eigenvalue weighted by atomic mass is 19.1. The Morgan fingerprint density at radius 3 is 2.38 bits per heavy atom. The Morgan fingerprint density at radius 2 is 1.72 bits per heavy atom. The molecule has 170 valence electrons. The van der Waals surface area contributed by atoms with Crippen LogP contribution in [0.2, 0.25) is 0 Å². The molecule has 7 heteroatoms. The number of rotatable bonds is 6.